The third kappa shape index (κ3) is 3.21. The minimum Gasteiger partial charge on any atom is -0.454 e. The van der Waals surface area contributed by atoms with Crippen molar-refractivity contribution in [1.82, 2.24) is 9.97 Å². The van der Waals surface area contributed by atoms with E-state index in [4.69, 9.17) is 9.47 Å². The number of ether oxygens (including phenoxy) is 2. The molecule has 1 aliphatic heterocycles. The van der Waals surface area contributed by atoms with Gasteiger partial charge in [-0.15, -0.1) is 11.8 Å². The zero-order chi connectivity index (χ0) is 17.4. The summed E-state index contributed by atoms with van der Waals surface area (Å²) in [5, 5.41) is 0.306. The van der Waals surface area contributed by atoms with Crippen LogP contribution in [0.15, 0.2) is 47.8 Å². The van der Waals surface area contributed by atoms with Crippen molar-refractivity contribution in [2.75, 3.05) is 6.79 Å². The molecule has 3 heterocycles. The number of fused-ring (bicyclic) bond motifs is 2. The Morgan fingerprint density at radius 3 is 2.48 bits per heavy atom. The average Bonchev–Trinajstić information content (AvgIpc) is 3.04. The molecule has 0 fully saturated rings. The fraction of sp³-hybridized carbons (Fsp3) is 0.176. The van der Waals surface area contributed by atoms with Gasteiger partial charge >= 0.3 is 6.18 Å². The molecule has 0 aliphatic carbocycles. The normalized spacial score (nSPS) is 13.4. The predicted octanol–water partition coefficient (Wildman–Crippen LogP) is 4.67. The highest BCUT2D eigenvalue weighted by molar-refractivity contribution is 7.98. The Morgan fingerprint density at radius 1 is 1.04 bits per heavy atom. The molecule has 0 saturated heterocycles. The SMILES string of the molecule is FC(F)(F)c1cc(SCc2ccncc2)nc2cc3c(cc12)OCO3. The highest BCUT2D eigenvalue weighted by Gasteiger charge is 2.34. The Hall–Kier alpha value is -2.48. The van der Waals surface area contributed by atoms with Crippen molar-refractivity contribution >= 4 is 22.7 Å². The highest BCUT2D eigenvalue weighted by atomic mass is 32.2. The van der Waals surface area contributed by atoms with Gasteiger partial charge in [-0.25, -0.2) is 4.98 Å². The molecule has 4 nitrogen and oxygen atoms in total. The minimum atomic E-state index is -4.49. The molecule has 128 valence electrons. The van der Waals surface area contributed by atoms with Gasteiger partial charge in [0.25, 0.3) is 0 Å². The van der Waals surface area contributed by atoms with Gasteiger partial charge in [-0.3, -0.25) is 4.98 Å². The Balaban J connectivity index is 1.76. The lowest BCUT2D eigenvalue weighted by Crippen LogP contribution is -2.07. The summed E-state index contributed by atoms with van der Waals surface area (Å²) in [6.07, 6.45) is -1.20. The summed E-state index contributed by atoms with van der Waals surface area (Å²) >= 11 is 1.24. The molecule has 0 amide bonds. The molecule has 0 bridgehead atoms. The lowest BCUT2D eigenvalue weighted by molar-refractivity contribution is -0.136. The number of rotatable bonds is 3. The molecule has 2 aromatic heterocycles. The number of nitrogens with zero attached hydrogens (tertiary/aromatic N) is 2. The first-order valence-corrected chi connectivity index (χ1v) is 8.32. The van der Waals surface area contributed by atoms with Crippen LogP contribution in [0.2, 0.25) is 0 Å². The smallest absolute Gasteiger partial charge is 0.417 e. The van der Waals surface area contributed by atoms with E-state index >= 15 is 0 Å². The van der Waals surface area contributed by atoms with Gasteiger partial charge in [0, 0.05) is 29.6 Å². The molecule has 1 aromatic carbocycles. The van der Waals surface area contributed by atoms with Gasteiger partial charge in [-0.1, -0.05) is 0 Å². The first kappa shape index (κ1) is 16.0. The Morgan fingerprint density at radius 2 is 1.76 bits per heavy atom. The third-order valence-corrected chi connectivity index (χ3v) is 4.70. The first-order valence-electron chi connectivity index (χ1n) is 7.34. The van der Waals surface area contributed by atoms with Crippen molar-refractivity contribution < 1.29 is 22.6 Å². The number of thioether (sulfide) groups is 1. The quantitative estimate of drug-likeness (QED) is 0.632. The van der Waals surface area contributed by atoms with E-state index in [1.165, 1.54) is 23.9 Å². The molecule has 3 aromatic rings. The van der Waals surface area contributed by atoms with Gasteiger partial charge in [0.05, 0.1) is 16.1 Å². The molecule has 0 radical (unpaired) electrons. The Bertz CT molecular complexity index is 933. The van der Waals surface area contributed by atoms with E-state index in [-0.39, 0.29) is 17.7 Å². The zero-order valence-corrected chi connectivity index (χ0v) is 13.5. The van der Waals surface area contributed by atoms with E-state index < -0.39 is 11.7 Å². The predicted molar refractivity (Wildman–Crippen MR) is 86.7 cm³/mol. The van der Waals surface area contributed by atoms with Crippen LogP contribution >= 0.6 is 11.8 Å². The number of aromatic nitrogens is 2. The lowest BCUT2D eigenvalue weighted by Gasteiger charge is -2.13. The number of alkyl halides is 3. The van der Waals surface area contributed by atoms with Gasteiger partial charge in [0.1, 0.15) is 0 Å². The summed E-state index contributed by atoms with van der Waals surface area (Å²) < 4.78 is 50.9. The largest absolute Gasteiger partial charge is 0.454 e. The molecular formula is C17H11F3N2O2S. The lowest BCUT2D eigenvalue weighted by atomic mass is 10.1. The number of benzene rings is 1. The molecule has 1 aliphatic rings. The third-order valence-electron chi connectivity index (χ3n) is 3.72. The van der Waals surface area contributed by atoms with Crippen molar-refractivity contribution in [2.24, 2.45) is 0 Å². The fourth-order valence-corrected chi connectivity index (χ4v) is 3.41. The summed E-state index contributed by atoms with van der Waals surface area (Å²) in [6, 6.07) is 7.54. The molecule has 4 rings (SSSR count). The van der Waals surface area contributed by atoms with Crippen LogP contribution in [0.5, 0.6) is 11.5 Å². The number of pyridine rings is 2. The van der Waals surface area contributed by atoms with E-state index in [1.54, 1.807) is 12.4 Å². The molecular weight excluding hydrogens is 353 g/mol. The van der Waals surface area contributed by atoms with Crippen LogP contribution in [0.1, 0.15) is 11.1 Å². The Kier molecular flexibility index (Phi) is 3.91. The van der Waals surface area contributed by atoms with Crippen molar-refractivity contribution in [3.8, 4) is 11.5 Å². The van der Waals surface area contributed by atoms with Crippen LogP contribution in [-0.2, 0) is 11.9 Å². The monoisotopic (exact) mass is 364 g/mol. The summed E-state index contributed by atoms with van der Waals surface area (Å²) in [5.41, 5.74) is 0.463. The van der Waals surface area contributed by atoms with Gasteiger partial charge in [-0.2, -0.15) is 13.2 Å². The number of hydrogen-bond acceptors (Lipinski definition) is 5. The van der Waals surface area contributed by atoms with Gasteiger partial charge < -0.3 is 9.47 Å². The van der Waals surface area contributed by atoms with Crippen molar-refractivity contribution in [2.45, 2.75) is 17.0 Å². The van der Waals surface area contributed by atoms with Crippen LogP contribution in [0, 0.1) is 0 Å². The molecule has 0 N–H and O–H groups in total. The molecule has 0 atom stereocenters. The average molecular weight is 364 g/mol. The first-order chi connectivity index (χ1) is 12.0. The Labute approximate surface area is 145 Å². The zero-order valence-electron chi connectivity index (χ0n) is 12.7. The highest BCUT2D eigenvalue weighted by Crippen LogP contribution is 2.42. The maximum Gasteiger partial charge on any atom is 0.417 e. The van der Waals surface area contributed by atoms with Crippen LogP contribution in [0.4, 0.5) is 13.2 Å². The second-order valence-corrected chi connectivity index (χ2v) is 6.37. The van der Waals surface area contributed by atoms with Crippen LogP contribution in [0.25, 0.3) is 10.9 Å². The van der Waals surface area contributed by atoms with Gasteiger partial charge in [-0.05, 0) is 29.8 Å². The molecule has 0 unspecified atom stereocenters. The van der Waals surface area contributed by atoms with E-state index in [0.717, 1.165) is 11.6 Å². The summed E-state index contributed by atoms with van der Waals surface area (Å²) in [6.45, 7) is -0.00332. The van der Waals surface area contributed by atoms with E-state index in [0.29, 0.717) is 22.3 Å². The number of hydrogen-bond donors (Lipinski definition) is 0. The molecule has 8 heteroatoms. The van der Waals surface area contributed by atoms with Crippen molar-refractivity contribution in [1.29, 1.82) is 0 Å². The topological polar surface area (TPSA) is 44.2 Å². The van der Waals surface area contributed by atoms with Crippen molar-refractivity contribution in [3.63, 3.8) is 0 Å². The second-order valence-electron chi connectivity index (χ2n) is 5.37. The van der Waals surface area contributed by atoms with Gasteiger partial charge in [0.2, 0.25) is 6.79 Å². The molecule has 25 heavy (non-hydrogen) atoms. The molecule has 0 saturated carbocycles. The summed E-state index contributed by atoms with van der Waals surface area (Å²) in [5.74, 6) is 1.21. The van der Waals surface area contributed by atoms with Crippen LogP contribution in [-0.4, -0.2) is 16.8 Å². The van der Waals surface area contributed by atoms with E-state index in [1.807, 2.05) is 12.1 Å². The minimum absolute atomic E-state index is 0.00332. The van der Waals surface area contributed by atoms with Crippen LogP contribution in [0.3, 0.4) is 0 Å². The maximum absolute atomic E-state index is 13.5. The summed E-state index contributed by atoms with van der Waals surface area (Å²) in [4.78, 5) is 8.28. The van der Waals surface area contributed by atoms with E-state index in [2.05, 4.69) is 9.97 Å². The van der Waals surface area contributed by atoms with Gasteiger partial charge in [0.15, 0.2) is 11.5 Å². The standard InChI is InChI=1S/C17H11F3N2O2S/c18-17(19,20)12-6-16(25-8-10-1-3-21-4-2-10)22-13-7-15-14(5-11(12)13)23-9-24-15/h1-7H,8-9H2. The van der Waals surface area contributed by atoms with Crippen LogP contribution < -0.4 is 9.47 Å². The summed E-state index contributed by atoms with van der Waals surface area (Å²) in [7, 11) is 0. The number of halogens is 3. The fourth-order valence-electron chi connectivity index (χ4n) is 2.54. The van der Waals surface area contributed by atoms with E-state index in [9.17, 15) is 13.2 Å². The van der Waals surface area contributed by atoms with Crippen molar-refractivity contribution in [3.05, 3.63) is 53.9 Å². The molecule has 0 spiro atoms. The maximum atomic E-state index is 13.5. The second kappa shape index (κ2) is 6.11.